The lowest BCUT2D eigenvalue weighted by atomic mass is 10.1. The predicted octanol–water partition coefficient (Wildman–Crippen LogP) is 2.33. The standard InChI is InChI=1S/C19H22O8/c1-4-24-16(21)6-5-9-25-13-8-7-12(15(20)11-13)10-14-17(22)26-19(2,3)27-18(14)23/h7-8,10-11,20H,4-6,9H2,1-3H3. The van der Waals surface area contributed by atoms with E-state index < -0.39 is 17.7 Å². The van der Waals surface area contributed by atoms with Crippen molar-refractivity contribution < 1.29 is 38.4 Å². The minimum Gasteiger partial charge on any atom is -0.507 e. The third-order valence-corrected chi connectivity index (χ3v) is 3.52. The zero-order valence-electron chi connectivity index (χ0n) is 15.4. The fraction of sp³-hybridized carbons (Fsp3) is 0.421. The molecule has 27 heavy (non-hydrogen) atoms. The highest BCUT2D eigenvalue weighted by atomic mass is 16.7. The second kappa shape index (κ2) is 8.57. The molecule has 8 nitrogen and oxygen atoms in total. The molecule has 1 aliphatic heterocycles. The number of carbonyl (C=O) groups is 3. The fourth-order valence-corrected chi connectivity index (χ4v) is 2.31. The molecule has 0 atom stereocenters. The van der Waals surface area contributed by atoms with Crippen LogP contribution in [0.5, 0.6) is 11.5 Å². The van der Waals surface area contributed by atoms with E-state index in [4.69, 9.17) is 18.9 Å². The summed E-state index contributed by atoms with van der Waals surface area (Å²) in [5, 5.41) is 10.1. The number of phenolic OH excluding ortho intramolecular Hbond substituents is 1. The highest BCUT2D eigenvalue weighted by molar-refractivity contribution is 6.19. The van der Waals surface area contributed by atoms with E-state index in [9.17, 15) is 19.5 Å². The van der Waals surface area contributed by atoms with E-state index in [1.165, 1.54) is 32.1 Å². The molecule has 0 aliphatic carbocycles. The van der Waals surface area contributed by atoms with E-state index in [1.54, 1.807) is 13.0 Å². The lowest BCUT2D eigenvalue weighted by molar-refractivity contribution is -0.222. The van der Waals surface area contributed by atoms with Gasteiger partial charge in [0.25, 0.3) is 5.79 Å². The molecule has 0 spiro atoms. The number of aromatic hydroxyl groups is 1. The van der Waals surface area contributed by atoms with E-state index >= 15 is 0 Å². The van der Waals surface area contributed by atoms with Crippen molar-refractivity contribution in [3.05, 3.63) is 29.3 Å². The van der Waals surface area contributed by atoms with Crippen molar-refractivity contribution in [3.8, 4) is 11.5 Å². The van der Waals surface area contributed by atoms with Crippen LogP contribution in [0.3, 0.4) is 0 Å². The van der Waals surface area contributed by atoms with Gasteiger partial charge in [0, 0.05) is 31.9 Å². The van der Waals surface area contributed by atoms with Gasteiger partial charge in [-0.15, -0.1) is 0 Å². The molecule has 0 unspecified atom stereocenters. The minimum absolute atomic E-state index is 0.184. The number of rotatable bonds is 7. The molecule has 1 saturated heterocycles. The van der Waals surface area contributed by atoms with Gasteiger partial charge in [-0.1, -0.05) is 0 Å². The summed E-state index contributed by atoms with van der Waals surface area (Å²) < 4.78 is 20.3. The molecule has 8 heteroatoms. The van der Waals surface area contributed by atoms with Crippen LogP contribution in [-0.2, 0) is 28.6 Å². The van der Waals surface area contributed by atoms with Crippen LogP contribution >= 0.6 is 0 Å². The Morgan fingerprint density at radius 2 is 1.89 bits per heavy atom. The Kier molecular flexibility index (Phi) is 6.44. The van der Waals surface area contributed by atoms with Crippen LogP contribution < -0.4 is 4.74 Å². The molecule has 146 valence electrons. The van der Waals surface area contributed by atoms with Gasteiger partial charge in [0.2, 0.25) is 0 Å². The first-order valence-corrected chi connectivity index (χ1v) is 8.51. The van der Waals surface area contributed by atoms with Crippen LogP contribution in [0.15, 0.2) is 23.8 Å². The first kappa shape index (κ1) is 20.3. The maximum Gasteiger partial charge on any atom is 0.348 e. The monoisotopic (exact) mass is 378 g/mol. The Bertz CT molecular complexity index is 741. The lowest BCUT2D eigenvalue weighted by Crippen LogP contribution is -2.41. The molecular weight excluding hydrogens is 356 g/mol. The average molecular weight is 378 g/mol. The Morgan fingerprint density at radius 3 is 2.48 bits per heavy atom. The summed E-state index contributed by atoms with van der Waals surface area (Å²) in [7, 11) is 0. The number of ether oxygens (including phenoxy) is 4. The number of cyclic esters (lactones) is 2. The Balaban J connectivity index is 1.99. The number of benzene rings is 1. The molecule has 2 rings (SSSR count). The van der Waals surface area contributed by atoms with Gasteiger partial charge >= 0.3 is 17.9 Å². The van der Waals surface area contributed by atoms with Gasteiger partial charge in [-0.25, -0.2) is 9.59 Å². The van der Waals surface area contributed by atoms with Gasteiger partial charge in [-0.2, -0.15) is 0 Å². The van der Waals surface area contributed by atoms with Crippen molar-refractivity contribution >= 4 is 24.0 Å². The van der Waals surface area contributed by atoms with Gasteiger partial charge in [-0.3, -0.25) is 4.79 Å². The number of phenols is 1. The van der Waals surface area contributed by atoms with Crippen LogP contribution in [0.2, 0.25) is 0 Å². The van der Waals surface area contributed by atoms with E-state index in [0.29, 0.717) is 18.8 Å². The van der Waals surface area contributed by atoms with Gasteiger partial charge in [0.05, 0.1) is 13.2 Å². The van der Waals surface area contributed by atoms with Crippen LogP contribution in [0, 0.1) is 0 Å². The summed E-state index contributed by atoms with van der Waals surface area (Å²) in [6.07, 6.45) is 1.91. The third-order valence-electron chi connectivity index (χ3n) is 3.52. The highest BCUT2D eigenvalue weighted by Crippen LogP contribution is 2.29. The van der Waals surface area contributed by atoms with E-state index in [2.05, 4.69) is 0 Å². The zero-order chi connectivity index (χ0) is 20.0. The maximum atomic E-state index is 11.9. The van der Waals surface area contributed by atoms with E-state index in [-0.39, 0.29) is 35.9 Å². The van der Waals surface area contributed by atoms with E-state index in [0.717, 1.165) is 0 Å². The number of hydrogen-bond donors (Lipinski definition) is 1. The lowest BCUT2D eigenvalue weighted by Gasteiger charge is -2.29. The molecule has 1 aliphatic rings. The van der Waals surface area contributed by atoms with Crippen molar-refractivity contribution in [1.29, 1.82) is 0 Å². The molecule has 1 heterocycles. The van der Waals surface area contributed by atoms with Crippen LogP contribution in [0.4, 0.5) is 0 Å². The van der Waals surface area contributed by atoms with Gasteiger partial charge in [0.1, 0.15) is 17.1 Å². The summed E-state index contributed by atoms with van der Waals surface area (Å²) in [6.45, 7) is 5.24. The van der Waals surface area contributed by atoms with Crippen LogP contribution in [0.1, 0.15) is 39.2 Å². The molecule has 0 saturated carbocycles. The molecule has 1 N–H and O–H groups in total. The van der Waals surface area contributed by atoms with Crippen LogP contribution in [0.25, 0.3) is 6.08 Å². The third kappa shape index (κ3) is 5.73. The molecule has 0 aromatic heterocycles. The SMILES string of the molecule is CCOC(=O)CCCOc1ccc(C=C2C(=O)OC(C)(C)OC2=O)c(O)c1. The highest BCUT2D eigenvalue weighted by Gasteiger charge is 2.38. The number of esters is 3. The fourth-order valence-electron chi connectivity index (χ4n) is 2.31. The van der Waals surface area contributed by atoms with E-state index in [1.807, 2.05) is 0 Å². The Labute approximate surface area is 156 Å². The summed E-state index contributed by atoms with van der Waals surface area (Å²) >= 11 is 0. The topological polar surface area (TPSA) is 108 Å². The molecular formula is C19H22O8. The minimum atomic E-state index is -1.32. The Hall–Kier alpha value is -3.03. The molecule has 0 bridgehead atoms. The zero-order valence-corrected chi connectivity index (χ0v) is 15.4. The molecule has 0 amide bonds. The largest absolute Gasteiger partial charge is 0.507 e. The van der Waals surface area contributed by atoms with Gasteiger partial charge in [0.15, 0.2) is 0 Å². The molecule has 0 radical (unpaired) electrons. The summed E-state index contributed by atoms with van der Waals surface area (Å²) in [6, 6.07) is 4.41. The van der Waals surface area contributed by atoms with Crippen molar-refractivity contribution in [3.63, 3.8) is 0 Å². The van der Waals surface area contributed by atoms with Crippen molar-refractivity contribution in [2.45, 2.75) is 39.4 Å². The van der Waals surface area contributed by atoms with Crippen molar-refractivity contribution in [2.75, 3.05) is 13.2 Å². The smallest absolute Gasteiger partial charge is 0.348 e. The summed E-state index contributed by atoms with van der Waals surface area (Å²) in [5.41, 5.74) is -0.0785. The predicted molar refractivity (Wildman–Crippen MR) is 93.7 cm³/mol. The Morgan fingerprint density at radius 1 is 1.22 bits per heavy atom. The normalized spacial score (nSPS) is 15.6. The second-order valence-corrected chi connectivity index (χ2v) is 6.21. The second-order valence-electron chi connectivity index (χ2n) is 6.21. The number of carbonyl (C=O) groups excluding carboxylic acids is 3. The first-order chi connectivity index (χ1) is 12.7. The number of hydrogen-bond acceptors (Lipinski definition) is 8. The van der Waals surface area contributed by atoms with Crippen molar-refractivity contribution in [2.24, 2.45) is 0 Å². The average Bonchev–Trinajstić information content (AvgIpc) is 2.56. The van der Waals surface area contributed by atoms with Crippen LogP contribution in [-0.4, -0.2) is 42.0 Å². The van der Waals surface area contributed by atoms with Gasteiger partial charge < -0.3 is 24.1 Å². The molecule has 1 aromatic carbocycles. The molecule has 1 fully saturated rings. The van der Waals surface area contributed by atoms with Gasteiger partial charge in [-0.05, 0) is 31.6 Å². The maximum absolute atomic E-state index is 11.9. The quantitative estimate of drug-likeness (QED) is 0.333. The van der Waals surface area contributed by atoms with Crippen molar-refractivity contribution in [1.82, 2.24) is 0 Å². The summed E-state index contributed by atoms with van der Waals surface area (Å²) in [5.74, 6) is -3.07. The first-order valence-electron chi connectivity index (χ1n) is 8.51. The molecule has 1 aromatic rings. The summed E-state index contributed by atoms with van der Waals surface area (Å²) in [4.78, 5) is 35.1.